The minimum absolute atomic E-state index is 0.0000625. The number of likely N-dealkylation sites (N-methyl/N-ethyl adjacent to an activating group) is 1. The Morgan fingerprint density at radius 3 is 2.00 bits per heavy atom. The number of hydrogen-bond acceptors (Lipinski definition) is 6. The van der Waals surface area contributed by atoms with Gasteiger partial charge in [0, 0.05) is 19.9 Å². The number of aromatic hydroxyl groups is 1. The van der Waals surface area contributed by atoms with Crippen LogP contribution >= 0.6 is 0 Å². The van der Waals surface area contributed by atoms with E-state index in [4.69, 9.17) is 0 Å². The summed E-state index contributed by atoms with van der Waals surface area (Å²) in [5.41, 5.74) is 1.79. The molecular weight excluding hydrogens is 586 g/mol. The van der Waals surface area contributed by atoms with Crippen molar-refractivity contribution < 1.29 is 29.1 Å². The van der Waals surface area contributed by atoms with Crippen LogP contribution in [0.1, 0.15) is 48.7 Å². The highest BCUT2D eigenvalue weighted by Crippen LogP contribution is 2.19. The minimum Gasteiger partial charge on any atom is -0.508 e. The van der Waals surface area contributed by atoms with E-state index in [2.05, 4.69) is 21.3 Å². The van der Waals surface area contributed by atoms with Crippen LogP contribution < -0.4 is 21.3 Å². The van der Waals surface area contributed by atoms with Crippen LogP contribution in [0, 0.1) is 5.92 Å². The second kappa shape index (κ2) is 15.2. The topological polar surface area (TPSA) is 157 Å². The van der Waals surface area contributed by atoms with Gasteiger partial charge in [0.25, 0.3) is 5.91 Å². The Balaban J connectivity index is 1.77. The molecule has 0 radical (unpaired) electrons. The van der Waals surface area contributed by atoms with Gasteiger partial charge in [-0.2, -0.15) is 0 Å². The Labute approximate surface area is 268 Å². The lowest BCUT2D eigenvalue weighted by Gasteiger charge is -2.32. The summed E-state index contributed by atoms with van der Waals surface area (Å²) in [5, 5.41) is 20.9. The number of para-hydroxylation sites is 1. The predicted octanol–water partition coefficient (Wildman–Crippen LogP) is 2.79. The predicted molar refractivity (Wildman–Crippen MR) is 174 cm³/mol. The Kier molecular flexibility index (Phi) is 11.1. The zero-order valence-electron chi connectivity index (χ0n) is 26.4. The van der Waals surface area contributed by atoms with Crippen LogP contribution in [-0.2, 0) is 32.0 Å². The number of carbonyl (C=O) groups is 5. The van der Waals surface area contributed by atoms with E-state index in [1.165, 1.54) is 37.1 Å². The fourth-order valence-electron chi connectivity index (χ4n) is 5.37. The molecule has 0 unspecified atom stereocenters. The number of hydrogen-bond donors (Lipinski definition) is 5. The van der Waals surface area contributed by atoms with Crippen molar-refractivity contribution in [1.29, 1.82) is 0 Å². The number of rotatable bonds is 6. The molecule has 0 bridgehead atoms. The summed E-state index contributed by atoms with van der Waals surface area (Å²) in [4.78, 5) is 69.9. The molecule has 5 N–H and O–H groups in total. The van der Waals surface area contributed by atoms with Crippen LogP contribution in [0.2, 0.25) is 0 Å². The molecule has 0 aliphatic carbocycles. The van der Waals surface area contributed by atoms with Crippen LogP contribution in [-0.4, -0.2) is 70.8 Å². The summed E-state index contributed by atoms with van der Waals surface area (Å²) in [6.07, 6.45) is 0.510. The van der Waals surface area contributed by atoms with Crippen molar-refractivity contribution in [3.05, 3.63) is 95.6 Å². The second-order valence-electron chi connectivity index (χ2n) is 12.0. The van der Waals surface area contributed by atoms with E-state index in [-0.39, 0.29) is 42.2 Å². The summed E-state index contributed by atoms with van der Waals surface area (Å²) in [7, 11) is 1.50. The molecule has 46 heavy (non-hydrogen) atoms. The first-order chi connectivity index (χ1) is 21.9. The molecule has 242 valence electrons. The average molecular weight is 628 g/mol. The molecule has 11 heteroatoms. The van der Waals surface area contributed by atoms with E-state index in [0.29, 0.717) is 5.56 Å². The molecule has 4 rings (SSSR count). The number of benzene rings is 3. The molecule has 0 saturated carbocycles. The van der Waals surface area contributed by atoms with Crippen molar-refractivity contribution in [3.63, 3.8) is 0 Å². The van der Waals surface area contributed by atoms with Gasteiger partial charge in [-0.05, 0) is 54.7 Å². The quantitative estimate of drug-likeness (QED) is 0.283. The van der Waals surface area contributed by atoms with Gasteiger partial charge in [-0.3, -0.25) is 24.0 Å². The van der Waals surface area contributed by atoms with Crippen LogP contribution in [0.5, 0.6) is 5.75 Å². The van der Waals surface area contributed by atoms with Crippen molar-refractivity contribution in [2.75, 3.05) is 12.4 Å². The van der Waals surface area contributed by atoms with E-state index in [9.17, 15) is 29.1 Å². The van der Waals surface area contributed by atoms with Gasteiger partial charge in [0.2, 0.25) is 23.6 Å². The van der Waals surface area contributed by atoms with Gasteiger partial charge >= 0.3 is 0 Å². The van der Waals surface area contributed by atoms with E-state index >= 15 is 0 Å². The highest BCUT2D eigenvalue weighted by Gasteiger charge is 2.35. The minimum atomic E-state index is -1.10. The first-order valence-corrected chi connectivity index (χ1v) is 15.3. The van der Waals surface area contributed by atoms with Crippen LogP contribution in [0.3, 0.4) is 0 Å². The van der Waals surface area contributed by atoms with Gasteiger partial charge in [-0.1, -0.05) is 68.4 Å². The van der Waals surface area contributed by atoms with Crippen molar-refractivity contribution >= 4 is 35.2 Å². The van der Waals surface area contributed by atoms with Gasteiger partial charge in [-0.15, -0.1) is 0 Å². The molecule has 3 aromatic rings. The zero-order valence-corrected chi connectivity index (χ0v) is 26.4. The molecule has 0 aromatic heterocycles. The van der Waals surface area contributed by atoms with Crippen LogP contribution in [0.25, 0.3) is 0 Å². The van der Waals surface area contributed by atoms with Gasteiger partial charge in [-0.25, -0.2) is 0 Å². The first kappa shape index (κ1) is 33.7. The number of phenolic OH excluding ortho intramolecular Hbond substituents is 1. The van der Waals surface area contributed by atoms with E-state index in [1.54, 1.807) is 30.3 Å². The highest BCUT2D eigenvalue weighted by atomic mass is 16.3. The lowest BCUT2D eigenvalue weighted by atomic mass is 9.99. The van der Waals surface area contributed by atoms with Crippen molar-refractivity contribution in [2.24, 2.45) is 5.92 Å². The molecule has 5 amide bonds. The van der Waals surface area contributed by atoms with Crippen molar-refractivity contribution in [1.82, 2.24) is 20.9 Å². The fourth-order valence-corrected chi connectivity index (χ4v) is 5.37. The van der Waals surface area contributed by atoms with E-state index in [0.717, 1.165) is 5.56 Å². The lowest BCUT2D eigenvalue weighted by Crippen LogP contribution is -2.59. The number of amides is 5. The van der Waals surface area contributed by atoms with Gasteiger partial charge < -0.3 is 31.3 Å². The number of nitrogens with zero attached hydrogens (tertiary/aromatic N) is 1. The van der Waals surface area contributed by atoms with Gasteiger partial charge in [0.1, 0.15) is 29.9 Å². The zero-order chi connectivity index (χ0) is 33.4. The molecule has 0 saturated heterocycles. The van der Waals surface area contributed by atoms with Crippen LogP contribution in [0.15, 0.2) is 78.9 Å². The normalized spacial score (nSPS) is 21.6. The molecule has 4 atom stereocenters. The summed E-state index contributed by atoms with van der Waals surface area (Å²) in [5.74, 6) is -2.75. The third kappa shape index (κ3) is 8.71. The summed E-state index contributed by atoms with van der Waals surface area (Å²) in [6, 6.07) is 17.7. The monoisotopic (exact) mass is 627 g/mol. The SMILES string of the molecule is CC(C)C[C@@H]1NC(=O)[C@H](Cc2ccccc2)N(C)C(=O)[C@H](C)NC(=O)c2ccccc2NC(=O)[C@H](Cc2ccc(O)cc2)NC1=O. The second-order valence-corrected chi connectivity index (χ2v) is 12.0. The molecule has 1 aliphatic rings. The molecule has 3 aromatic carbocycles. The highest BCUT2D eigenvalue weighted by molar-refractivity contribution is 6.07. The molecule has 11 nitrogen and oxygen atoms in total. The summed E-state index contributed by atoms with van der Waals surface area (Å²) < 4.78 is 0. The number of carbonyl (C=O) groups excluding carboxylic acids is 5. The molecule has 1 aliphatic heterocycles. The summed E-state index contributed by atoms with van der Waals surface area (Å²) in [6.45, 7) is 5.36. The third-order valence-electron chi connectivity index (χ3n) is 7.89. The van der Waals surface area contributed by atoms with E-state index in [1.807, 2.05) is 44.2 Å². The Bertz CT molecular complexity index is 1560. The van der Waals surface area contributed by atoms with Crippen molar-refractivity contribution in [3.8, 4) is 5.75 Å². The number of anilines is 1. The van der Waals surface area contributed by atoms with Crippen LogP contribution in [0.4, 0.5) is 5.69 Å². The Hall–Kier alpha value is -5.19. The first-order valence-electron chi connectivity index (χ1n) is 15.3. The van der Waals surface area contributed by atoms with Gasteiger partial charge in [0.05, 0.1) is 11.3 Å². The molecule has 1 heterocycles. The average Bonchev–Trinajstić information content (AvgIpc) is 3.03. The fraction of sp³-hybridized carbons (Fsp3) is 0.343. The number of nitrogens with one attached hydrogen (secondary N) is 4. The maximum absolute atomic E-state index is 13.9. The Morgan fingerprint density at radius 1 is 0.717 bits per heavy atom. The van der Waals surface area contributed by atoms with E-state index < -0.39 is 53.7 Å². The largest absolute Gasteiger partial charge is 0.508 e. The maximum Gasteiger partial charge on any atom is 0.254 e. The third-order valence-corrected chi connectivity index (χ3v) is 7.89. The van der Waals surface area contributed by atoms with Gasteiger partial charge in [0.15, 0.2) is 0 Å². The Morgan fingerprint density at radius 2 is 1.33 bits per heavy atom. The lowest BCUT2D eigenvalue weighted by molar-refractivity contribution is -0.141. The smallest absolute Gasteiger partial charge is 0.254 e. The maximum atomic E-state index is 13.9. The number of fused-ring (bicyclic) bond motifs is 1. The molecule has 0 fully saturated rings. The summed E-state index contributed by atoms with van der Waals surface area (Å²) >= 11 is 0. The molecule has 0 spiro atoms. The number of phenols is 1. The standard InChI is InChI=1S/C35H41N5O6/c1-21(2)18-28-32(43)38-29(19-24-14-16-25(41)17-15-24)33(44)37-27-13-9-8-12-26(27)31(42)36-22(3)35(46)40(4)30(34(45)39-28)20-23-10-6-5-7-11-23/h5-17,21-22,28-30,41H,18-20H2,1-4H3,(H,36,42)(H,37,44)(H,38,43)(H,39,45)/t22-,28-,29-,30-/m0/s1. The van der Waals surface area contributed by atoms with Crippen molar-refractivity contribution in [2.45, 2.75) is 64.2 Å². The molecular formula is C35H41N5O6.